The smallest absolute Gasteiger partial charge is 0.263 e. The standard InChI is InChI=1S/C12H16N6.2ClH/c1-9(2)11-5-3-10(4-6-11)7-14-16-12-17-15-8-18(12)13;;/h3-9H,13H2,1-2H3,(H,16,17);2*1H. The minimum absolute atomic E-state index is 0. The van der Waals surface area contributed by atoms with E-state index >= 15 is 0 Å². The van der Waals surface area contributed by atoms with Crippen LogP contribution in [0.3, 0.4) is 0 Å². The molecule has 3 N–H and O–H groups in total. The zero-order valence-corrected chi connectivity index (χ0v) is 12.9. The molecule has 0 unspecified atom stereocenters. The van der Waals surface area contributed by atoms with E-state index < -0.39 is 0 Å². The largest absolute Gasteiger partial charge is 0.335 e. The van der Waals surface area contributed by atoms with Crippen molar-refractivity contribution in [2.45, 2.75) is 19.8 Å². The summed E-state index contributed by atoms with van der Waals surface area (Å²) in [6.07, 6.45) is 3.11. The van der Waals surface area contributed by atoms with Crippen LogP contribution in [0.2, 0.25) is 0 Å². The Morgan fingerprint density at radius 3 is 2.40 bits per heavy atom. The molecule has 6 nitrogen and oxygen atoms in total. The molecule has 0 aliphatic carbocycles. The summed E-state index contributed by atoms with van der Waals surface area (Å²) in [6.45, 7) is 4.33. The summed E-state index contributed by atoms with van der Waals surface area (Å²) in [6, 6.07) is 8.23. The summed E-state index contributed by atoms with van der Waals surface area (Å²) >= 11 is 0. The lowest BCUT2D eigenvalue weighted by Gasteiger charge is -2.04. The van der Waals surface area contributed by atoms with Crippen LogP contribution in [0.1, 0.15) is 30.9 Å². The number of halogens is 2. The predicted octanol–water partition coefficient (Wildman–Crippen LogP) is 2.40. The van der Waals surface area contributed by atoms with Crippen molar-refractivity contribution in [3.8, 4) is 0 Å². The summed E-state index contributed by atoms with van der Waals surface area (Å²) in [5, 5.41) is 11.4. The van der Waals surface area contributed by atoms with Gasteiger partial charge in [0.1, 0.15) is 6.33 Å². The Kier molecular flexibility index (Phi) is 7.64. The molecule has 2 aromatic rings. The van der Waals surface area contributed by atoms with Gasteiger partial charge in [-0.3, -0.25) is 0 Å². The molecule has 8 heteroatoms. The van der Waals surface area contributed by atoms with Crippen molar-refractivity contribution >= 4 is 37.0 Å². The van der Waals surface area contributed by atoms with Crippen LogP contribution in [0.15, 0.2) is 35.7 Å². The van der Waals surface area contributed by atoms with Crippen LogP contribution < -0.4 is 11.3 Å². The topological polar surface area (TPSA) is 81.1 Å². The molecule has 0 aliphatic rings. The van der Waals surface area contributed by atoms with Crippen molar-refractivity contribution in [3.63, 3.8) is 0 Å². The van der Waals surface area contributed by atoms with Gasteiger partial charge in [0, 0.05) is 0 Å². The highest BCUT2D eigenvalue weighted by molar-refractivity contribution is 5.85. The molecule has 20 heavy (non-hydrogen) atoms. The van der Waals surface area contributed by atoms with Crippen LogP contribution in [0, 0.1) is 0 Å². The van der Waals surface area contributed by atoms with Gasteiger partial charge in [-0.1, -0.05) is 38.1 Å². The quantitative estimate of drug-likeness (QED) is 0.515. The van der Waals surface area contributed by atoms with E-state index in [2.05, 4.69) is 46.7 Å². The molecule has 1 aromatic carbocycles. The molecule has 110 valence electrons. The lowest BCUT2D eigenvalue weighted by molar-refractivity contribution is 0.866. The highest BCUT2D eigenvalue weighted by atomic mass is 35.5. The number of aromatic nitrogens is 3. The van der Waals surface area contributed by atoms with Crippen molar-refractivity contribution in [1.29, 1.82) is 0 Å². The van der Waals surface area contributed by atoms with Crippen molar-refractivity contribution < 1.29 is 0 Å². The number of rotatable bonds is 4. The number of anilines is 1. The highest BCUT2D eigenvalue weighted by Gasteiger charge is 1.98. The summed E-state index contributed by atoms with van der Waals surface area (Å²) in [7, 11) is 0. The number of hydrogen-bond donors (Lipinski definition) is 2. The van der Waals surface area contributed by atoms with Crippen LogP contribution in [-0.4, -0.2) is 21.1 Å². The monoisotopic (exact) mass is 316 g/mol. The Bertz CT molecular complexity index is 535. The van der Waals surface area contributed by atoms with Gasteiger partial charge in [-0.2, -0.15) is 5.10 Å². The fourth-order valence-corrected chi connectivity index (χ4v) is 1.45. The SMILES string of the molecule is CC(C)c1ccc(C=NNc2nncn2N)cc1.Cl.Cl. The Morgan fingerprint density at radius 1 is 1.25 bits per heavy atom. The molecular formula is C12H18Cl2N6. The molecular weight excluding hydrogens is 299 g/mol. The minimum Gasteiger partial charge on any atom is -0.335 e. The van der Waals surface area contributed by atoms with Crippen LogP contribution in [0.25, 0.3) is 0 Å². The summed E-state index contributed by atoms with van der Waals surface area (Å²) in [5.41, 5.74) is 5.03. The highest BCUT2D eigenvalue weighted by Crippen LogP contribution is 2.13. The molecule has 2 rings (SSSR count). The zero-order valence-electron chi connectivity index (χ0n) is 11.2. The Hall–Kier alpha value is -1.79. The third kappa shape index (κ3) is 4.71. The summed E-state index contributed by atoms with van der Waals surface area (Å²) in [5.74, 6) is 6.45. The maximum atomic E-state index is 5.53. The third-order valence-corrected chi connectivity index (χ3v) is 2.55. The molecule has 0 radical (unpaired) electrons. The second kappa shape index (κ2) is 8.39. The van der Waals surface area contributed by atoms with E-state index in [-0.39, 0.29) is 24.8 Å². The number of hydrazone groups is 1. The van der Waals surface area contributed by atoms with Crippen LogP contribution >= 0.6 is 24.8 Å². The van der Waals surface area contributed by atoms with E-state index in [1.165, 1.54) is 16.6 Å². The molecule has 0 aliphatic heterocycles. The Morgan fingerprint density at radius 2 is 1.90 bits per heavy atom. The fraction of sp³-hybridized carbons (Fsp3) is 0.250. The lowest BCUT2D eigenvalue weighted by atomic mass is 10.0. The number of nitrogen functional groups attached to an aromatic ring is 1. The molecule has 0 saturated carbocycles. The van der Waals surface area contributed by atoms with Crippen LogP contribution in [0.4, 0.5) is 5.95 Å². The first-order valence-corrected chi connectivity index (χ1v) is 5.71. The first kappa shape index (κ1) is 18.2. The van der Waals surface area contributed by atoms with Crippen molar-refractivity contribution in [3.05, 3.63) is 41.7 Å². The minimum atomic E-state index is 0. The van der Waals surface area contributed by atoms with Crippen LogP contribution in [-0.2, 0) is 0 Å². The van der Waals surface area contributed by atoms with Crippen LogP contribution in [0.5, 0.6) is 0 Å². The van der Waals surface area contributed by atoms with Gasteiger partial charge in [0.05, 0.1) is 6.21 Å². The van der Waals surface area contributed by atoms with Gasteiger partial charge in [0.25, 0.3) is 5.95 Å². The fourth-order valence-electron chi connectivity index (χ4n) is 1.45. The Balaban J connectivity index is 0.00000180. The van der Waals surface area contributed by atoms with Crippen molar-refractivity contribution in [2.75, 3.05) is 11.3 Å². The molecule has 0 atom stereocenters. The van der Waals surface area contributed by atoms with Gasteiger partial charge in [-0.15, -0.1) is 35.0 Å². The zero-order chi connectivity index (χ0) is 13.0. The van der Waals surface area contributed by atoms with Gasteiger partial charge in [-0.25, -0.2) is 10.1 Å². The first-order chi connectivity index (χ1) is 8.66. The van der Waals surface area contributed by atoms with Crippen molar-refractivity contribution in [1.82, 2.24) is 14.9 Å². The number of hydrogen-bond acceptors (Lipinski definition) is 5. The van der Waals surface area contributed by atoms with Crippen molar-refractivity contribution in [2.24, 2.45) is 5.10 Å². The van der Waals surface area contributed by atoms with Gasteiger partial charge in [0.2, 0.25) is 0 Å². The number of nitrogens with two attached hydrogens (primary N) is 1. The van der Waals surface area contributed by atoms with E-state index in [1.54, 1.807) is 6.21 Å². The lowest BCUT2D eigenvalue weighted by Crippen LogP contribution is -2.10. The van der Waals surface area contributed by atoms with E-state index in [0.29, 0.717) is 11.9 Å². The Labute approximate surface area is 130 Å². The normalized spacial score (nSPS) is 10.2. The predicted molar refractivity (Wildman–Crippen MR) is 86.4 cm³/mol. The van der Waals surface area contributed by atoms with Gasteiger partial charge in [0.15, 0.2) is 0 Å². The average Bonchev–Trinajstić information content (AvgIpc) is 2.76. The van der Waals surface area contributed by atoms with E-state index in [4.69, 9.17) is 5.84 Å². The maximum Gasteiger partial charge on any atom is 0.263 e. The molecule has 0 fully saturated rings. The van der Waals surface area contributed by atoms with Gasteiger partial charge >= 0.3 is 0 Å². The molecule has 0 amide bonds. The maximum absolute atomic E-state index is 5.53. The molecule has 0 saturated heterocycles. The molecule has 0 bridgehead atoms. The summed E-state index contributed by atoms with van der Waals surface area (Å²) in [4.78, 5) is 0. The van der Waals surface area contributed by atoms with E-state index in [9.17, 15) is 0 Å². The number of nitrogens with one attached hydrogen (secondary N) is 1. The van der Waals surface area contributed by atoms with E-state index in [1.807, 2.05) is 12.1 Å². The number of benzene rings is 1. The average molecular weight is 317 g/mol. The van der Waals surface area contributed by atoms with Gasteiger partial charge in [-0.05, 0) is 17.0 Å². The summed E-state index contributed by atoms with van der Waals surface area (Å²) < 4.78 is 1.26. The number of nitrogens with zero attached hydrogens (tertiary/aromatic N) is 4. The first-order valence-electron chi connectivity index (χ1n) is 5.71. The van der Waals surface area contributed by atoms with E-state index in [0.717, 1.165) is 5.56 Å². The third-order valence-electron chi connectivity index (χ3n) is 2.55. The van der Waals surface area contributed by atoms with Gasteiger partial charge < -0.3 is 5.84 Å². The second-order valence-corrected chi connectivity index (χ2v) is 4.25. The molecule has 1 heterocycles. The second-order valence-electron chi connectivity index (χ2n) is 4.25. The molecule has 0 spiro atoms. The molecule has 1 aromatic heterocycles.